The van der Waals surface area contributed by atoms with Crippen molar-refractivity contribution in [3.05, 3.63) is 47.5 Å². The van der Waals surface area contributed by atoms with Crippen molar-refractivity contribution in [3.8, 4) is 0 Å². The van der Waals surface area contributed by atoms with Crippen molar-refractivity contribution in [1.82, 2.24) is 0 Å². The summed E-state index contributed by atoms with van der Waals surface area (Å²) in [5, 5.41) is 11.4. The van der Waals surface area contributed by atoms with Crippen LogP contribution in [0.3, 0.4) is 0 Å². The van der Waals surface area contributed by atoms with E-state index in [4.69, 9.17) is 0 Å². The number of carboxylic acids is 1. The van der Waals surface area contributed by atoms with E-state index >= 15 is 0 Å². The summed E-state index contributed by atoms with van der Waals surface area (Å²) < 4.78 is 0. The number of fused-ring (bicyclic) bond motifs is 1. The Balaban J connectivity index is 2.12. The molecule has 2 rings (SSSR count). The van der Waals surface area contributed by atoms with Gasteiger partial charge < -0.3 is 5.11 Å². The first kappa shape index (κ1) is 15.6. The molecule has 0 bridgehead atoms. The largest absolute Gasteiger partial charge is 0.478 e. The van der Waals surface area contributed by atoms with Gasteiger partial charge in [0, 0.05) is 0 Å². The van der Waals surface area contributed by atoms with Gasteiger partial charge in [0.15, 0.2) is 0 Å². The second-order valence-electron chi connectivity index (χ2n) is 6.12. The molecule has 0 saturated carbocycles. The molecular formula is C19H24O2. The van der Waals surface area contributed by atoms with Gasteiger partial charge >= 0.3 is 5.97 Å². The highest BCUT2D eigenvalue weighted by atomic mass is 16.4. The first-order valence-corrected chi connectivity index (χ1v) is 7.83. The second kappa shape index (κ2) is 7.26. The number of hydrogen-bond donors (Lipinski definition) is 1. The molecule has 0 heterocycles. The molecule has 1 N–H and O–H groups in total. The third-order valence-electron chi connectivity index (χ3n) is 3.96. The predicted octanol–water partition coefficient (Wildman–Crippen LogP) is 5.30. The highest BCUT2D eigenvalue weighted by molar-refractivity contribution is 6.05. The summed E-state index contributed by atoms with van der Waals surface area (Å²) in [5.74, 6) is -0.0655. The van der Waals surface area contributed by atoms with Gasteiger partial charge in [0.25, 0.3) is 0 Å². The molecule has 2 aromatic carbocycles. The molecule has 0 fully saturated rings. The smallest absolute Gasteiger partial charge is 0.336 e. The minimum atomic E-state index is -0.816. The molecule has 0 aliphatic rings. The number of carbonyl (C=O) groups is 1. The van der Waals surface area contributed by atoms with Crippen LogP contribution in [0.5, 0.6) is 0 Å². The molecule has 0 spiro atoms. The molecule has 2 nitrogen and oxygen atoms in total. The standard InChI is InChI=1S/C19H24O2/c1-14(2)8-4-3-5-10-16-13-12-15-9-6-7-11-17(15)18(16)19(20)21/h6-7,9,11-14H,3-5,8,10H2,1-2H3,(H,20,21). The molecule has 0 unspecified atom stereocenters. The summed E-state index contributed by atoms with van der Waals surface area (Å²) in [7, 11) is 0. The zero-order valence-electron chi connectivity index (χ0n) is 12.9. The zero-order chi connectivity index (χ0) is 15.2. The Labute approximate surface area is 126 Å². The maximum Gasteiger partial charge on any atom is 0.336 e. The van der Waals surface area contributed by atoms with Crippen molar-refractivity contribution in [2.45, 2.75) is 46.0 Å². The number of hydrogen-bond acceptors (Lipinski definition) is 1. The van der Waals surface area contributed by atoms with E-state index in [0.717, 1.165) is 35.1 Å². The molecule has 0 atom stereocenters. The Morgan fingerprint density at radius 1 is 1.05 bits per heavy atom. The Bertz CT molecular complexity index is 614. The van der Waals surface area contributed by atoms with Crippen LogP contribution in [0.15, 0.2) is 36.4 Å². The predicted molar refractivity (Wildman–Crippen MR) is 87.9 cm³/mol. The van der Waals surface area contributed by atoms with Crippen LogP contribution in [-0.2, 0) is 6.42 Å². The van der Waals surface area contributed by atoms with Gasteiger partial charge in [0.1, 0.15) is 0 Å². The summed E-state index contributed by atoms with van der Waals surface area (Å²) in [6, 6.07) is 11.7. The summed E-state index contributed by atoms with van der Waals surface area (Å²) >= 11 is 0. The maximum atomic E-state index is 11.6. The molecular weight excluding hydrogens is 260 g/mol. The van der Waals surface area contributed by atoms with Crippen molar-refractivity contribution < 1.29 is 9.90 Å². The minimum absolute atomic E-state index is 0.483. The van der Waals surface area contributed by atoms with E-state index in [1.807, 2.05) is 36.4 Å². The van der Waals surface area contributed by atoms with Crippen molar-refractivity contribution in [3.63, 3.8) is 0 Å². The molecule has 112 valence electrons. The van der Waals surface area contributed by atoms with Gasteiger partial charge in [-0.1, -0.05) is 69.5 Å². The Morgan fingerprint density at radius 2 is 1.81 bits per heavy atom. The number of aromatic carboxylic acids is 1. The SMILES string of the molecule is CC(C)CCCCCc1ccc2ccccc2c1C(=O)O. The summed E-state index contributed by atoms with van der Waals surface area (Å²) in [6.45, 7) is 4.48. The first-order chi connectivity index (χ1) is 10.1. The van der Waals surface area contributed by atoms with Gasteiger partial charge in [-0.05, 0) is 35.1 Å². The van der Waals surface area contributed by atoms with Crippen LogP contribution in [0.1, 0.15) is 55.5 Å². The Kier molecular flexibility index (Phi) is 5.38. The van der Waals surface area contributed by atoms with Crippen molar-refractivity contribution in [2.75, 3.05) is 0 Å². The lowest BCUT2D eigenvalue weighted by molar-refractivity contribution is 0.0698. The topological polar surface area (TPSA) is 37.3 Å². The highest BCUT2D eigenvalue weighted by Gasteiger charge is 2.13. The van der Waals surface area contributed by atoms with E-state index in [2.05, 4.69) is 13.8 Å². The van der Waals surface area contributed by atoms with Crippen LogP contribution >= 0.6 is 0 Å². The highest BCUT2D eigenvalue weighted by Crippen LogP contribution is 2.24. The number of rotatable bonds is 7. The first-order valence-electron chi connectivity index (χ1n) is 7.83. The molecule has 0 amide bonds. The Morgan fingerprint density at radius 3 is 2.52 bits per heavy atom. The summed E-state index contributed by atoms with van der Waals surface area (Å²) in [6.07, 6.45) is 5.57. The lowest BCUT2D eigenvalue weighted by Crippen LogP contribution is -2.04. The van der Waals surface area contributed by atoms with E-state index in [0.29, 0.717) is 5.56 Å². The van der Waals surface area contributed by atoms with Crippen molar-refractivity contribution in [1.29, 1.82) is 0 Å². The van der Waals surface area contributed by atoms with Crippen LogP contribution in [0.2, 0.25) is 0 Å². The number of unbranched alkanes of at least 4 members (excludes halogenated alkanes) is 2. The van der Waals surface area contributed by atoms with E-state index in [9.17, 15) is 9.90 Å². The van der Waals surface area contributed by atoms with Crippen molar-refractivity contribution in [2.24, 2.45) is 5.92 Å². The van der Waals surface area contributed by atoms with Crippen LogP contribution in [0.25, 0.3) is 10.8 Å². The molecule has 0 saturated heterocycles. The molecule has 0 radical (unpaired) electrons. The van der Waals surface area contributed by atoms with Gasteiger partial charge in [0.05, 0.1) is 5.56 Å². The molecule has 2 aromatic rings. The van der Waals surface area contributed by atoms with Gasteiger partial charge in [0.2, 0.25) is 0 Å². The fourth-order valence-corrected chi connectivity index (χ4v) is 2.82. The van der Waals surface area contributed by atoms with E-state index in [-0.39, 0.29) is 0 Å². The number of carboxylic acid groups (broad SMARTS) is 1. The molecule has 2 heteroatoms. The van der Waals surface area contributed by atoms with Gasteiger partial charge in [-0.15, -0.1) is 0 Å². The third kappa shape index (κ3) is 4.07. The van der Waals surface area contributed by atoms with Gasteiger partial charge in [-0.3, -0.25) is 0 Å². The average molecular weight is 284 g/mol. The summed E-state index contributed by atoms with van der Waals surface area (Å²) in [4.78, 5) is 11.6. The van der Waals surface area contributed by atoms with Crippen LogP contribution in [0, 0.1) is 5.92 Å². The fraction of sp³-hybridized carbons (Fsp3) is 0.421. The lowest BCUT2D eigenvalue weighted by atomic mass is 9.95. The molecule has 0 aliphatic heterocycles. The van der Waals surface area contributed by atoms with Crippen LogP contribution < -0.4 is 0 Å². The normalized spacial score (nSPS) is 11.2. The quantitative estimate of drug-likeness (QED) is 0.701. The van der Waals surface area contributed by atoms with E-state index in [1.54, 1.807) is 0 Å². The zero-order valence-corrected chi connectivity index (χ0v) is 12.9. The maximum absolute atomic E-state index is 11.6. The van der Waals surface area contributed by atoms with Crippen molar-refractivity contribution >= 4 is 16.7 Å². The molecule has 0 aliphatic carbocycles. The number of benzene rings is 2. The monoisotopic (exact) mass is 284 g/mol. The van der Waals surface area contributed by atoms with Crippen LogP contribution in [-0.4, -0.2) is 11.1 Å². The number of aryl methyl sites for hydroxylation is 1. The third-order valence-corrected chi connectivity index (χ3v) is 3.96. The average Bonchev–Trinajstić information content (AvgIpc) is 2.45. The fourth-order valence-electron chi connectivity index (χ4n) is 2.82. The second-order valence-corrected chi connectivity index (χ2v) is 6.12. The Hall–Kier alpha value is -1.83. The summed E-state index contributed by atoms with van der Waals surface area (Å²) in [5.41, 5.74) is 1.45. The molecule has 0 aromatic heterocycles. The van der Waals surface area contributed by atoms with Gasteiger partial charge in [-0.25, -0.2) is 4.79 Å². The molecule has 21 heavy (non-hydrogen) atoms. The van der Waals surface area contributed by atoms with E-state index < -0.39 is 5.97 Å². The van der Waals surface area contributed by atoms with E-state index in [1.165, 1.54) is 19.3 Å². The van der Waals surface area contributed by atoms with Crippen LogP contribution in [0.4, 0.5) is 0 Å². The lowest BCUT2D eigenvalue weighted by Gasteiger charge is -2.10. The van der Waals surface area contributed by atoms with Gasteiger partial charge in [-0.2, -0.15) is 0 Å². The minimum Gasteiger partial charge on any atom is -0.478 e.